The maximum atomic E-state index is 14.0. The van der Waals surface area contributed by atoms with Crippen molar-refractivity contribution in [2.45, 2.75) is 20.3 Å². The predicted molar refractivity (Wildman–Crippen MR) is 91.8 cm³/mol. The maximum Gasteiger partial charge on any atom is 0.282 e. The summed E-state index contributed by atoms with van der Waals surface area (Å²) in [5, 5.41) is 15.3. The largest absolute Gasteiger partial charge is 0.295 e. The first-order valence-electron chi connectivity index (χ1n) is 7.49. The molecular formula is C16H14FN5O2S. The molecule has 9 heteroatoms. The van der Waals surface area contributed by atoms with Crippen LogP contribution in [0, 0.1) is 12.7 Å². The third-order valence-corrected chi connectivity index (χ3v) is 4.38. The average molecular weight is 359 g/mol. The molecule has 1 aromatic carbocycles. The minimum atomic E-state index is -0.714. The summed E-state index contributed by atoms with van der Waals surface area (Å²) in [7, 11) is 0. The quantitative estimate of drug-likeness (QED) is 0.772. The van der Waals surface area contributed by atoms with Gasteiger partial charge >= 0.3 is 0 Å². The van der Waals surface area contributed by atoms with Crippen molar-refractivity contribution >= 4 is 22.4 Å². The third kappa shape index (κ3) is 3.45. The lowest BCUT2D eigenvalue weighted by atomic mass is 10.2. The third-order valence-electron chi connectivity index (χ3n) is 3.39. The second-order valence-corrected chi connectivity index (χ2v) is 6.23. The molecule has 1 N–H and O–H groups in total. The number of benzene rings is 1. The van der Waals surface area contributed by atoms with Gasteiger partial charge in [-0.25, -0.2) is 9.07 Å². The van der Waals surface area contributed by atoms with Gasteiger partial charge in [-0.3, -0.25) is 14.9 Å². The molecule has 0 unspecified atom stereocenters. The van der Waals surface area contributed by atoms with Crippen LogP contribution in [-0.2, 0) is 6.42 Å². The first kappa shape index (κ1) is 16.9. The number of carbonyl (C=O) groups is 1. The van der Waals surface area contributed by atoms with Crippen LogP contribution in [0.1, 0.15) is 28.1 Å². The number of hydrogen-bond acceptors (Lipinski definition) is 6. The molecule has 0 bridgehead atoms. The number of aryl methyl sites for hydroxylation is 2. The fraction of sp³-hybridized carbons (Fsp3) is 0.188. The molecule has 0 radical (unpaired) electrons. The van der Waals surface area contributed by atoms with Crippen LogP contribution in [0.3, 0.4) is 0 Å². The number of carbonyl (C=O) groups excluding carboxylic acids is 1. The zero-order chi connectivity index (χ0) is 18.0. The Labute approximate surface area is 146 Å². The van der Waals surface area contributed by atoms with Crippen LogP contribution >= 0.6 is 11.3 Å². The average Bonchev–Trinajstić information content (AvgIpc) is 3.03. The van der Waals surface area contributed by atoms with Crippen molar-refractivity contribution in [3.63, 3.8) is 0 Å². The molecule has 3 aromatic rings. The SMILES string of the molecule is CCc1nnc(NC(=O)c2nn(-c3ccccc3F)c(C)cc2=O)s1. The molecule has 0 atom stereocenters. The zero-order valence-electron chi connectivity index (χ0n) is 13.5. The molecule has 2 heterocycles. The van der Waals surface area contributed by atoms with Crippen LogP contribution in [0.5, 0.6) is 0 Å². The van der Waals surface area contributed by atoms with Gasteiger partial charge in [0.2, 0.25) is 10.6 Å². The second-order valence-electron chi connectivity index (χ2n) is 5.17. The summed E-state index contributed by atoms with van der Waals surface area (Å²) in [5.74, 6) is -1.22. The normalized spacial score (nSPS) is 10.7. The van der Waals surface area contributed by atoms with Gasteiger partial charge in [-0.2, -0.15) is 5.10 Å². The summed E-state index contributed by atoms with van der Waals surface area (Å²) in [6, 6.07) is 7.23. The lowest BCUT2D eigenvalue weighted by Gasteiger charge is -2.11. The number of aromatic nitrogens is 4. The number of hydrogen-bond donors (Lipinski definition) is 1. The number of nitrogens with zero attached hydrogens (tertiary/aromatic N) is 4. The first-order valence-corrected chi connectivity index (χ1v) is 8.31. The summed E-state index contributed by atoms with van der Waals surface area (Å²) in [4.78, 5) is 24.5. The van der Waals surface area contributed by atoms with Crippen LogP contribution in [0.25, 0.3) is 5.69 Å². The fourth-order valence-corrected chi connectivity index (χ4v) is 2.85. The fourth-order valence-electron chi connectivity index (χ4n) is 2.18. The Hall–Kier alpha value is -2.94. The van der Waals surface area contributed by atoms with Gasteiger partial charge in [-0.1, -0.05) is 30.4 Å². The van der Waals surface area contributed by atoms with Gasteiger partial charge in [0.1, 0.15) is 16.5 Å². The number of anilines is 1. The highest BCUT2D eigenvalue weighted by atomic mass is 32.1. The Bertz CT molecular complexity index is 998. The van der Waals surface area contributed by atoms with E-state index in [-0.39, 0.29) is 16.5 Å². The van der Waals surface area contributed by atoms with Gasteiger partial charge in [0, 0.05) is 11.8 Å². The first-order chi connectivity index (χ1) is 12.0. The van der Waals surface area contributed by atoms with Gasteiger partial charge < -0.3 is 0 Å². The van der Waals surface area contributed by atoms with E-state index in [0.29, 0.717) is 12.1 Å². The molecule has 128 valence electrons. The number of halogens is 1. The van der Waals surface area contributed by atoms with E-state index in [4.69, 9.17) is 0 Å². The lowest BCUT2D eigenvalue weighted by molar-refractivity contribution is 0.101. The van der Waals surface area contributed by atoms with Crippen molar-refractivity contribution in [2.24, 2.45) is 0 Å². The molecule has 0 fully saturated rings. The summed E-state index contributed by atoms with van der Waals surface area (Å²) < 4.78 is 15.2. The zero-order valence-corrected chi connectivity index (χ0v) is 14.3. The van der Waals surface area contributed by atoms with Crippen LogP contribution < -0.4 is 10.7 Å². The van der Waals surface area contributed by atoms with Gasteiger partial charge in [0.05, 0.1) is 0 Å². The lowest BCUT2D eigenvalue weighted by Crippen LogP contribution is -2.27. The molecule has 3 rings (SSSR count). The molecule has 0 aliphatic heterocycles. The highest BCUT2D eigenvalue weighted by Gasteiger charge is 2.18. The Morgan fingerprint density at radius 1 is 1.32 bits per heavy atom. The molecule has 0 spiro atoms. The molecule has 0 aliphatic rings. The molecular weight excluding hydrogens is 345 g/mol. The minimum absolute atomic E-state index is 0.151. The summed E-state index contributed by atoms with van der Waals surface area (Å²) in [6.45, 7) is 3.53. The molecule has 0 saturated heterocycles. The van der Waals surface area contributed by atoms with E-state index in [1.165, 1.54) is 34.2 Å². The highest BCUT2D eigenvalue weighted by molar-refractivity contribution is 7.15. The summed E-state index contributed by atoms with van der Waals surface area (Å²) in [6.07, 6.45) is 0.691. The Morgan fingerprint density at radius 2 is 2.08 bits per heavy atom. The standard InChI is InChI=1S/C16H14FN5O2S/c1-3-13-19-20-16(25-13)18-15(24)14-12(23)8-9(2)22(21-14)11-7-5-4-6-10(11)17/h4-8H,3H2,1-2H3,(H,18,20,24). The number of para-hydroxylation sites is 1. The second kappa shape index (κ2) is 6.89. The van der Waals surface area contributed by atoms with Crippen LogP contribution in [0.15, 0.2) is 35.1 Å². The minimum Gasteiger partial charge on any atom is -0.295 e. The van der Waals surface area contributed by atoms with Gasteiger partial charge in [-0.05, 0) is 25.5 Å². The van der Waals surface area contributed by atoms with E-state index in [0.717, 1.165) is 5.01 Å². The molecule has 0 saturated carbocycles. The monoisotopic (exact) mass is 359 g/mol. The van der Waals surface area contributed by atoms with Crippen molar-refractivity contribution < 1.29 is 9.18 Å². The summed E-state index contributed by atoms with van der Waals surface area (Å²) >= 11 is 1.22. The number of amides is 1. The van der Waals surface area contributed by atoms with Gasteiger partial charge in [0.15, 0.2) is 5.69 Å². The van der Waals surface area contributed by atoms with Crippen LogP contribution in [-0.4, -0.2) is 25.9 Å². The maximum absolute atomic E-state index is 14.0. The van der Waals surface area contributed by atoms with Crippen molar-refractivity contribution in [3.8, 4) is 5.69 Å². The van der Waals surface area contributed by atoms with Crippen LogP contribution in [0.2, 0.25) is 0 Å². The Balaban J connectivity index is 1.99. The Kier molecular flexibility index (Phi) is 4.66. The van der Waals surface area contributed by atoms with E-state index in [1.54, 1.807) is 19.1 Å². The molecule has 2 aromatic heterocycles. The predicted octanol–water partition coefficient (Wildman–Crippen LogP) is 2.35. The number of rotatable bonds is 4. The molecule has 0 aliphatic carbocycles. The van der Waals surface area contributed by atoms with Gasteiger partial charge in [0.25, 0.3) is 5.91 Å². The summed E-state index contributed by atoms with van der Waals surface area (Å²) in [5.41, 5.74) is -0.334. The Morgan fingerprint density at radius 3 is 2.76 bits per heavy atom. The van der Waals surface area contributed by atoms with Crippen molar-refractivity contribution in [1.82, 2.24) is 20.0 Å². The molecule has 7 nitrogen and oxygen atoms in total. The van der Waals surface area contributed by atoms with Crippen LogP contribution in [0.4, 0.5) is 9.52 Å². The highest BCUT2D eigenvalue weighted by Crippen LogP contribution is 2.16. The van der Waals surface area contributed by atoms with Gasteiger partial charge in [-0.15, -0.1) is 10.2 Å². The van der Waals surface area contributed by atoms with E-state index in [1.807, 2.05) is 6.92 Å². The molecule has 1 amide bonds. The van der Waals surface area contributed by atoms with Crippen molar-refractivity contribution in [3.05, 3.63) is 62.8 Å². The van der Waals surface area contributed by atoms with E-state index in [2.05, 4.69) is 20.6 Å². The van der Waals surface area contributed by atoms with Crippen molar-refractivity contribution in [1.29, 1.82) is 0 Å². The van der Waals surface area contributed by atoms with E-state index in [9.17, 15) is 14.0 Å². The molecule has 25 heavy (non-hydrogen) atoms. The smallest absolute Gasteiger partial charge is 0.282 e. The number of nitrogens with one attached hydrogen (secondary N) is 1. The topological polar surface area (TPSA) is 89.8 Å². The van der Waals surface area contributed by atoms with E-state index >= 15 is 0 Å². The van der Waals surface area contributed by atoms with E-state index < -0.39 is 17.2 Å². The van der Waals surface area contributed by atoms with Crippen molar-refractivity contribution in [2.75, 3.05) is 5.32 Å².